The van der Waals surface area contributed by atoms with Crippen molar-refractivity contribution >= 4 is 58.4 Å². The highest BCUT2D eigenvalue weighted by Crippen LogP contribution is 2.36. The molecule has 0 saturated carbocycles. The molecule has 0 bridgehead atoms. The summed E-state index contributed by atoms with van der Waals surface area (Å²) in [6.07, 6.45) is 3.89. The molecule has 0 radical (unpaired) electrons. The first-order valence-electron chi connectivity index (χ1n) is 10.5. The van der Waals surface area contributed by atoms with Gasteiger partial charge in [0.05, 0.1) is 57.9 Å². The summed E-state index contributed by atoms with van der Waals surface area (Å²) in [6, 6.07) is 7.88. The number of hydrogen-bond donors (Lipinski definition) is 0. The smallest absolute Gasteiger partial charge is 0.258 e. The van der Waals surface area contributed by atoms with Crippen molar-refractivity contribution < 1.29 is 29.5 Å². The number of nitro benzene ring substituents is 6. The summed E-state index contributed by atoms with van der Waals surface area (Å²) >= 11 is 0. The predicted octanol–water partition coefficient (Wildman–Crippen LogP) is 5.48. The van der Waals surface area contributed by atoms with Crippen LogP contribution in [0.25, 0.3) is 24.3 Å². The van der Waals surface area contributed by atoms with Gasteiger partial charge < -0.3 is 0 Å². The van der Waals surface area contributed by atoms with E-state index in [1.807, 2.05) is 0 Å². The zero-order valence-corrected chi connectivity index (χ0v) is 19.5. The molecule has 18 heteroatoms. The molecule has 0 unspecified atom stereocenters. The van der Waals surface area contributed by atoms with Gasteiger partial charge in [-0.1, -0.05) is 12.1 Å². The molecule has 0 aliphatic carbocycles. The van der Waals surface area contributed by atoms with Gasteiger partial charge in [-0.15, -0.1) is 0 Å². The monoisotopic (exact) mass is 552 g/mol. The molecule has 0 aliphatic rings. The van der Waals surface area contributed by atoms with E-state index in [-0.39, 0.29) is 22.3 Å². The van der Waals surface area contributed by atoms with E-state index in [1.165, 1.54) is 0 Å². The van der Waals surface area contributed by atoms with Crippen LogP contribution in [0.5, 0.6) is 0 Å². The first-order valence-corrected chi connectivity index (χ1v) is 10.5. The summed E-state index contributed by atoms with van der Waals surface area (Å²) in [7, 11) is 0. The minimum absolute atomic E-state index is 0.295. The second-order valence-corrected chi connectivity index (χ2v) is 7.61. The van der Waals surface area contributed by atoms with Crippen LogP contribution in [-0.2, 0) is 0 Å². The Morgan fingerprint density at radius 3 is 1.02 bits per heavy atom. The molecule has 18 nitrogen and oxygen atoms in total. The van der Waals surface area contributed by atoms with Crippen LogP contribution in [0.4, 0.5) is 34.1 Å². The molecule has 0 aromatic heterocycles. The van der Waals surface area contributed by atoms with Gasteiger partial charge in [0.1, 0.15) is 0 Å². The van der Waals surface area contributed by atoms with E-state index in [0.717, 1.165) is 66.8 Å². The standard InChI is InChI=1S/C22H12N6O12/c29-23(30)17-5-1-3-13(21(17)27(37)38)7-9-15-11-16(20(26(35)36)12-19(15)25(33)34)10-8-14-4-2-6-18(24(31)32)22(14)28(39)40/h1-12H/b9-7-,10-8-. The fraction of sp³-hybridized carbons (Fsp3) is 0. The van der Waals surface area contributed by atoms with Gasteiger partial charge in [-0.3, -0.25) is 60.7 Å². The van der Waals surface area contributed by atoms with E-state index in [2.05, 4.69) is 0 Å². The first-order chi connectivity index (χ1) is 18.8. The van der Waals surface area contributed by atoms with Crippen LogP contribution in [0.15, 0.2) is 48.5 Å². The maximum absolute atomic E-state index is 11.6. The van der Waals surface area contributed by atoms with Gasteiger partial charge in [0.15, 0.2) is 0 Å². The van der Waals surface area contributed by atoms with Gasteiger partial charge in [0, 0.05) is 12.1 Å². The topological polar surface area (TPSA) is 259 Å². The molecular weight excluding hydrogens is 540 g/mol. The molecule has 0 amide bonds. The summed E-state index contributed by atoms with van der Waals surface area (Å²) in [5.41, 5.74) is -6.29. The van der Waals surface area contributed by atoms with Crippen LogP contribution in [0.1, 0.15) is 22.3 Å². The number of benzene rings is 3. The van der Waals surface area contributed by atoms with Gasteiger partial charge in [-0.2, -0.15) is 0 Å². The van der Waals surface area contributed by atoms with Gasteiger partial charge in [-0.05, 0) is 42.5 Å². The molecule has 3 aromatic carbocycles. The Labute approximate surface area is 220 Å². The van der Waals surface area contributed by atoms with Crippen LogP contribution in [0.3, 0.4) is 0 Å². The third-order valence-electron chi connectivity index (χ3n) is 5.30. The number of rotatable bonds is 10. The van der Waals surface area contributed by atoms with E-state index >= 15 is 0 Å². The Kier molecular flexibility index (Phi) is 7.94. The molecule has 3 aromatic rings. The van der Waals surface area contributed by atoms with Crippen molar-refractivity contribution in [3.63, 3.8) is 0 Å². The van der Waals surface area contributed by atoms with Gasteiger partial charge >= 0.3 is 22.7 Å². The van der Waals surface area contributed by atoms with Crippen molar-refractivity contribution in [3.8, 4) is 0 Å². The lowest BCUT2D eigenvalue weighted by Gasteiger charge is -2.04. The summed E-state index contributed by atoms with van der Waals surface area (Å²) in [5, 5.41) is 68.6. The quantitative estimate of drug-likeness (QED) is 0.172. The maximum atomic E-state index is 11.6. The largest absolute Gasteiger partial charge is 0.353 e. The normalized spacial score (nSPS) is 11.0. The summed E-state index contributed by atoms with van der Waals surface area (Å²) < 4.78 is 0. The van der Waals surface area contributed by atoms with Crippen molar-refractivity contribution in [2.24, 2.45) is 0 Å². The average molecular weight is 552 g/mol. The Hall–Kier alpha value is -6.46. The zero-order chi connectivity index (χ0) is 29.7. The summed E-state index contributed by atoms with van der Waals surface area (Å²) in [5.74, 6) is 0. The highest BCUT2D eigenvalue weighted by molar-refractivity contribution is 5.85. The van der Waals surface area contributed by atoms with E-state index in [9.17, 15) is 60.7 Å². The van der Waals surface area contributed by atoms with Crippen molar-refractivity contribution in [1.29, 1.82) is 0 Å². The molecule has 0 fully saturated rings. The molecule has 0 aliphatic heterocycles. The average Bonchev–Trinajstić information content (AvgIpc) is 2.89. The highest BCUT2D eigenvalue weighted by atomic mass is 16.7. The third kappa shape index (κ3) is 5.75. The van der Waals surface area contributed by atoms with Crippen molar-refractivity contribution in [2.75, 3.05) is 0 Å². The maximum Gasteiger partial charge on any atom is 0.353 e. The Morgan fingerprint density at radius 1 is 0.400 bits per heavy atom. The lowest BCUT2D eigenvalue weighted by molar-refractivity contribution is -0.422. The van der Waals surface area contributed by atoms with Gasteiger partial charge in [-0.25, -0.2) is 0 Å². The molecular formula is C22H12N6O12. The molecule has 0 saturated heterocycles. The van der Waals surface area contributed by atoms with E-state index in [0.29, 0.717) is 6.07 Å². The van der Waals surface area contributed by atoms with Crippen LogP contribution in [-0.4, -0.2) is 29.5 Å². The fourth-order valence-corrected chi connectivity index (χ4v) is 3.61. The van der Waals surface area contributed by atoms with Crippen molar-refractivity contribution in [2.45, 2.75) is 0 Å². The molecule has 0 heterocycles. The van der Waals surface area contributed by atoms with Crippen molar-refractivity contribution in [1.82, 2.24) is 0 Å². The molecule has 0 N–H and O–H groups in total. The van der Waals surface area contributed by atoms with Crippen LogP contribution in [0.2, 0.25) is 0 Å². The Balaban J connectivity index is 2.22. The molecule has 0 spiro atoms. The fourth-order valence-electron chi connectivity index (χ4n) is 3.61. The Morgan fingerprint density at radius 2 is 0.725 bits per heavy atom. The molecule has 202 valence electrons. The number of hydrogen-bond acceptors (Lipinski definition) is 12. The minimum atomic E-state index is -1.01. The number of para-hydroxylation sites is 2. The van der Waals surface area contributed by atoms with Crippen LogP contribution >= 0.6 is 0 Å². The Bertz CT molecular complexity index is 1560. The van der Waals surface area contributed by atoms with E-state index in [1.54, 1.807) is 0 Å². The van der Waals surface area contributed by atoms with Crippen molar-refractivity contribution in [3.05, 3.63) is 131 Å². The second-order valence-electron chi connectivity index (χ2n) is 7.61. The van der Waals surface area contributed by atoms with E-state index < -0.39 is 63.7 Å². The molecule has 40 heavy (non-hydrogen) atoms. The number of nitro groups is 6. The lowest BCUT2D eigenvalue weighted by atomic mass is 10.0. The van der Waals surface area contributed by atoms with E-state index in [4.69, 9.17) is 0 Å². The van der Waals surface area contributed by atoms with Gasteiger partial charge in [0.25, 0.3) is 11.4 Å². The summed E-state index contributed by atoms with van der Waals surface area (Å²) in [6.45, 7) is 0. The SMILES string of the molecule is O=[N+]([O-])c1cc([N+](=O)[O-])c(/C=C\c2cccc([N+](=O)[O-])c2[N+](=O)[O-])cc1/C=C\c1cccc([N+](=O)[O-])c1[N+](=O)[O-]. The van der Waals surface area contributed by atoms with Crippen LogP contribution < -0.4 is 0 Å². The van der Waals surface area contributed by atoms with Crippen LogP contribution in [0, 0.1) is 60.7 Å². The molecule has 3 rings (SSSR count). The lowest BCUT2D eigenvalue weighted by Crippen LogP contribution is -1.99. The molecule has 0 atom stereocenters. The summed E-state index contributed by atoms with van der Waals surface area (Å²) in [4.78, 5) is 62.6. The number of nitrogens with zero attached hydrogens (tertiary/aromatic N) is 6. The highest BCUT2D eigenvalue weighted by Gasteiger charge is 2.29. The minimum Gasteiger partial charge on any atom is -0.258 e. The predicted molar refractivity (Wildman–Crippen MR) is 137 cm³/mol. The van der Waals surface area contributed by atoms with Gasteiger partial charge in [0.2, 0.25) is 0 Å². The zero-order valence-electron chi connectivity index (χ0n) is 19.5. The third-order valence-corrected chi connectivity index (χ3v) is 5.30. The first kappa shape index (κ1) is 28.1. The second kappa shape index (κ2) is 11.3.